The summed E-state index contributed by atoms with van der Waals surface area (Å²) in [4.78, 5) is 26.3. The van der Waals surface area contributed by atoms with Gasteiger partial charge in [-0.15, -0.1) is 11.8 Å². The minimum absolute atomic E-state index is 0.0379. The summed E-state index contributed by atoms with van der Waals surface area (Å²) < 4.78 is 11.3. The monoisotopic (exact) mass is 682 g/mol. The molecule has 3 atom stereocenters. The summed E-state index contributed by atoms with van der Waals surface area (Å²) in [5, 5.41) is 28.9. The first-order valence-electron chi connectivity index (χ1n) is 16.3. The number of hydrogen-bond donors (Lipinski definition) is 2. The number of nitro groups is 1. The fourth-order valence-electron chi connectivity index (χ4n) is 6.91. The Morgan fingerprint density at radius 1 is 0.800 bits per heavy atom. The minimum Gasteiger partial charge on any atom is -0.466 e. The number of ether oxygens (including phenoxy) is 2. The second-order valence-electron chi connectivity index (χ2n) is 12.3. The third-order valence-corrected chi connectivity index (χ3v) is 11.0. The Labute approximate surface area is 294 Å². The van der Waals surface area contributed by atoms with Crippen LogP contribution in [0.2, 0.25) is 0 Å². The molecule has 0 aromatic heterocycles. The Bertz CT molecular complexity index is 1930. The lowest BCUT2D eigenvalue weighted by Gasteiger charge is -2.37. The molecule has 1 fully saturated rings. The van der Waals surface area contributed by atoms with Gasteiger partial charge in [0.1, 0.15) is 6.61 Å². The van der Waals surface area contributed by atoms with Crippen molar-refractivity contribution >= 4 is 35.2 Å². The van der Waals surface area contributed by atoms with Gasteiger partial charge >= 0.3 is 6.09 Å². The van der Waals surface area contributed by atoms with Gasteiger partial charge in [0.15, 0.2) is 6.10 Å². The van der Waals surface area contributed by atoms with Gasteiger partial charge in [-0.25, -0.2) is 4.79 Å². The van der Waals surface area contributed by atoms with Gasteiger partial charge in [0.05, 0.1) is 21.4 Å². The Kier molecular flexibility index (Phi) is 9.19. The zero-order chi connectivity index (χ0) is 34.7. The number of hydrogen-bond acceptors (Lipinski definition) is 8. The number of benzene rings is 5. The molecule has 0 radical (unpaired) electrons. The highest BCUT2D eigenvalue weighted by Gasteiger charge is 2.49. The number of likely N-dealkylation sites (tertiary alicyclic amines) is 1. The van der Waals surface area contributed by atoms with Crippen LogP contribution in [0.25, 0.3) is 0 Å². The number of thioether (sulfide) groups is 1. The average Bonchev–Trinajstić information content (AvgIpc) is 3.59. The fourth-order valence-corrected chi connectivity index (χ4v) is 8.76. The van der Waals surface area contributed by atoms with Gasteiger partial charge in [-0.1, -0.05) is 109 Å². The molecule has 7 rings (SSSR count). The molecular formula is C40H34N4O5S. The molecular weight excluding hydrogens is 649 g/mol. The van der Waals surface area contributed by atoms with E-state index in [1.54, 1.807) is 34.9 Å². The summed E-state index contributed by atoms with van der Waals surface area (Å²) in [6.07, 6.45) is -0.980. The van der Waals surface area contributed by atoms with Crippen molar-refractivity contribution in [1.82, 2.24) is 4.90 Å². The highest BCUT2D eigenvalue weighted by Crippen LogP contribution is 2.52. The number of nitro benzene ring substituents is 1. The molecule has 0 spiro atoms. The standard InChI is InChI=1S/C40H34N4O5S/c41-36-33-18-10-11-19-34(33)38(42)49-37(36)35-24-32(25-43(35)39(45)48-26-27-20-22-31(23-21-27)44(46)47)50-40(28-12-4-1-5-13-28,29-14-6-2-7-15-29)30-16-8-3-9-17-30/h1-23,32,35,37,41-42H,24-26H2/t32-,35-,37?/m0/s1. The lowest BCUT2D eigenvalue weighted by Crippen LogP contribution is -2.50. The van der Waals surface area contributed by atoms with Crippen LogP contribution in [0, 0.1) is 20.9 Å². The highest BCUT2D eigenvalue weighted by atomic mass is 32.2. The van der Waals surface area contributed by atoms with Crippen LogP contribution in [-0.4, -0.2) is 51.5 Å². The van der Waals surface area contributed by atoms with Crippen LogP contribution in [-0.2, 0) is 20.8 Å². The summed E-state index contributed by atoms with van der Waals surface area (Å²) in [6, 6.07) is 43.5. The van der Waals surface area contributed by atoms with Gasteiger partial charge in [0.2, 0.25) is 5.90 Å². The maximum absolute atomic E-state index is 14.0. The summed E-state index contributed by atoms with van der Waals surface area (Å²) in [7, 11) is 0. The summed E-state index contributed by atoms with van der Waals surface area (Å²) >= 11 is 1.76. The number of nitrogens with zero attached hydrogens (tertiary/aromatic N) is 2. The Hall–Kier alpha value is -5.74. The summed E-state index contributed by atoms with van der Waals surface area (Å²) in [6.45, 7) is 0.228. The van der Waals surface area contributed by atoms with Gasteiger partial charge in [-0.05, 0) is 46.9 Å². The van der Waals surface area contributed by atoms with E-state index in [0.29, 0.717) is 29.7 Å². The average molecular weight is 683 g/mol. The number of fused-ring (bicyclic) bond motifs is 1. The number of non-ortho nitro benzene ring substituents is 1. The lowest BCUT2D eigenvalue weighted by atomic mass is 9.84. The quantitative estimate of drug-likeness (QED) is 0.0916. The smallest absolute Gasteiger partial charge is 0.410 e. The van der Waals surface area contributed by atoms with Crippen molar-refractivity contribution in [2.75, 3.05) is 6.54 Å². The number of nitrogens with one attached hydrogen (secondary N) is 2. The molecule has 0 saturated carbocycles. The van der Waals surface area contributed by atoms with Crippen molar-refractivity contribution in [3.05, 3.63) is 183 Å². The molecule has 2 aliphatic heterocycles. The van der Waals surface area contributed by atoms with Crippen molar-refractivity contribution in [2.24, 2.45) is 0 Å². The summed E-state index contributed by atoms with van der Waals surface area (Å²) in [5.41, 5.74) is 5.20. The van der Waals surface area contributed by atoms with E-state index < -0.39 is 27.9 Å². The highest BCUT2D eigenvalue weighted by molar-refractivity contribution is 8.01. The number of carbonyl (C=O) groups excluding carboxylic acids is 1. The molecule has 10 heteroatoms. The number of carbonyl (C=O) groups is 1. The largest absolute Gasteiger partial charge is 0.466 e. The van der Waals surface area contributed by atoms with E-state index in [1.165, 1.54) is 12.1 Å². The van der Waals surface area contributed by atoms with Crippen molar-refractivity contribution < 1.29 is 19.2 Å². The molecule has 0 aliphatic carbocycles. The predicted molar refractivity (Wildman–Crippen MR) is 194 cm³/mol. The van der Waals surface area contributed by atoms with Gasteiger partial charge < -0.3 is 14.9 Å². The van der Waals surface area contributed by atoms with Gasteiger partial charge in [0.25, 0.3) is 5.69 Å². The first-order chi connectivity index (χ1) is 24.3. The van der Waals surface area contributed by atoms with Crippen molar-refractivity contribution in [1.29, 1.82) is 10.8 Å². The lowest BCUT2D eigenvalue weighted by molar-refractivity contribution is -0.384. The predicted octanol–water partition coefficient (Wildman–Crippen LogP) is 8.19. The molecule has 1 saturated heterocycles. The zero-order valence-corrected chi connectivity index (χ0v) is 27.8. The Morgan fingerprint density at radius 2 is 1.32 bits per heavy atom. The van der Waals surface area contributed by atoms with Crippen LogP contribution in [0.4, 0.5) is 10.5 Å². The second-order valence-corrected chi connectivity index (χ2v) is 13.8. The second kappa shape index (κ2) is 14.0. The van der Waals surface area contributed by atoms with Crippen molar-refractivity contribution in [2.45, 2.75) is 35.2 Å². The van der Waals surface area contributed by atoms with Crippen molar-refractivity contribution in [3.63, 3.8) is 0 Å². The number of amides is 1. The van der Waals surface area contributed by atoms with E-state index in [0.717, 1.165) is 16.7 Å². The Balaban J connectivity index is 1.25. The molecule has 2 N–H and O–H groups in total. The van der Waals surface area contributed by atoms with Crippen LogP contribution in [0.1, 0.15) is 39.8 Å². The normalized spacial score (nSPS) is 18.6. The molecule has 2 heterocycles. The maximum atomic E-state index is 14.0. The van der Waals surface area contributed by atoms with E-state index in [4.69, 9.17) is 14.9 Å². The van der Waals surface area contributed by atoms with Crippen LogP contribution in [0.3, 0.4) is 0 Å². The first-order valence-corrected chi connectivity index (χ1v) is 17.2. The topological polar surface area (TPSA) is 130 Å². The first kappa shape index (κ1) is 32.8. The molecule has 0 bridgehead atoms. The third kappa shape index (κ3) is 6.25. The molecule has 9 nitrogen and oxygen atoms in total. The molecule has 1 unspecified atom stereocenters. The molecule has 5 aromatic rings. The van der Waals surface area contributed by atoms with E-state index in [-0.39, 0.29) is 29.2 Å². The SMILES string of the molecule is N=C1OC([C@@H]2C[C@H](SC(c3ccccc3)(c3ccccc3)c3ccccc3)CN2C(=O)OCc2ccc([N+](=O)[O-])cc2)C(=N)c2ccccc21. The molecule has 250 valence electrons. The molecule has 1 amide bonds. The summed E-state index contributed by atoms with van der Waals surface area (Å²) in [5.74, 6) is -0.0379. The van der Waals surface area contributed by atoms with Gasteiger partial charge in [0, 0.05) is 35.1 Å². The van der Waals surface area contributed by atoms with E-state index in [9.17, 15) is 20.3 Å². The molecule has 50 heavy (non-hydrogen) atoms. The number of rotatable bonds is 9. The minimum atomic E-state index is -0.880. The fraction of sp³-hybridized carbons (Fsp3) is 0.175. The van der Waals surface area contributed by atoms with Gasteiger partial charge in [-0.2, -0.15) is 0 Å². The van der Waals surface area contributed by atoms with Crippen LogP contribution in [0.5, 0.6) is 0 Å². The van der Waals surface area contributed by atoms with Crippen LogP contribution < -0.4 is 0 Å². The molecule has 2 aliphatic rings. The Morgan fingerprint density at radius 3 is 1.86 bits per heavy atom. The third-order valence-electron chi connectivity index (χ3n) is 9.27. The van der Waals surface area contributed by atoms with Gasteiger partial charge in [-0.3, -0.25) is 20.4 Å². The zero-order valence-electron chi connectivity index (χ0n) is 27.0. The van der Waals surface area contributed by atoms with Crippen LogP contribution in [0.15, 0.2) is 140 Å². The van der Waals surface area contributed by atoms with Crippen LogP contribution >= 0.6 is 11.8 Å². The van der Waals surface area contributed by atoms with E-state index in [2.05, 4.69) is 36.4 Å². The van der Waals surface area contributed by atoms with E-state index in [1.807, 2.05) is 72.8 Å². The maximum Gasteiger partial charge on any atom is 0.410 e. The van der Waals surface area contributed by atoms with E-state index >= 15 is 0 Å². The van der Waals surface area contributed by atoms with Crippen molar-refractivity contribution in [3.8, 4) is 0 Å². The molecule has 5 aromatic carbocycles.